The lowest BCUT2D eigenvalue weighted by atomic mass is 10.1. The van der Waals surface area contributed by atoms with Gasteiger partial charge in [-0.15, -0.1) is 0 Å². The summed E-state index contributed by atoms with van der Waals surface area (Å²) < 4.78 is 28.4. The molecule has 0 atom stereocenters. The Bertz CT molecular complexity index is 1320. The van der Waals surface area contributed by atoms with Gasteiger partial charge in [0.2, 0.25) is 10.0 Å². The number of nitrogens with zero attached hydrogens (tertiary/aromatic N) is 3. The maximum absolute atomic E-state index is 13.0. The number of nitrogens with one attached hydrogen (secondary N) is 1. The first-order valence-electron chi connectivity index (χ1n) is 10.4. The molecule has 8 heteroatoms. The predicted molar refractivity (Wildman–Crippen MR) is 129 cm³/mol. The minimum atomic E-state index is -3.62. The Kier molecular flexibility index (Phi) is 6.55. The van der Waals surface area contributed by atoms with Crippen LogP contribution in [0.1, 0.15) is 21.5 Å². The van der Waals surface area contributed by atoms with E-state index >= 15 is 0 Å². The van der Waals surface area contributed by atoms with Crippen molar-refractivity contribution >= 4 is 21.6 Å². The molecule has 0 unspecified atom stereocenters. The SMILES string of the molecule is CS(=O)(=O)N(Cc1ccccc1)c1ccccc1C(=O)NCc1ccc(-n2ccnc2)cc1. The van der Waals surface area contributed by atoms with E-state index in [9.17, 15) is 13.2 Å². The lowest BCUT2D eigenvalue weighted by Gasteiger charge is -2.24. The van der Waals surface area contributed by atoms with E-state index in [1.807, 2.05) is 65.4 Å². The highest BCUT2D eigenvalue weighted by Crippen LogP contribution is 2.25. The smallest absolute Gasteiger partial charge is 0.253 e. The third-order valence-electron chi connectivity index (χ3n) is 5.18. The van der Waals surface area contributed by atoms with Crippen molar-refractivity contribution in [1.82, 2.24) is 14.9 Å². The van der Waals surface area contributed by atoms with Crippen LogP contribution in [0.2, 0.25) is 0 Å². The molecule has 1 aromatic heterocycles. The summed E-state index contributed by atoms with van der Waals surface area (Å²) >= 11 is 0. The average molecular weight is 461 g/mol. The lowest BCUT2D eigenvalue weighted by Crippen LogP contribution is -2.32. The summed E-state index contributed by atoms with van der Waals surface area (Å²) in [5.74, 6) is -0.342. The molecule has 0 aliphatic heterocycles. The van der Waals surface area contributed by atoms with Crippen LogP contribution in [0, 0.1) is 0 Å². The molecule has 0 saturated carbocycles. The van der Waals surface area contributed by atoms with E-state index in [1.54, 1.807) is 36.8 Å². The minimum absolute atomic E-state index is 0.139. The number of para-hydroxylation sites is 1. The van der Waals surface area contributed by atoms with Crippen LogP contribution in [0.4, 0.5) is 5.69 Å². The fourth-order valence-corrected chi connectivity index (χ4v) is 4.39. The molecule has 4 aromatic rings. The van der Waals surface area contributed by atoms with Gasteiger partial charge in [-0.2, -0.15) is 0 Å². The van der Waals surface area contributed by atoms with Gasteiger partial charge in [0.15, 0.2) is 0 Å². The van der Waals surface area contributed by atoms with Gasteiger partial charge < -0.3 is 9.88 Å². The maximum atomic E-state index is 13.0. The van der Waals surface area contributed by atoms with Gasteiger partial charge in [0, 0.05) is 24.6 Å². The van der Waals surface area contributed by atoms with Gasteiger partial charge in [-0.25, -0.2) is 13.4 Å². The molecule has 0 spiro atoms. The number of carbonyl (C=O) groups is 1. The quantitative estimate of drug-likeness (QED) is 0.434. The van der Waals surface area contributed by atoms with Crippen molar-refractivity contribution in [2.45, 2.75) is 13.1 Å². The van der Waals surface area contributed by atoms with E-state index in [-0.39, 0.29) is 12.5 Å². The van der Waals surface area contributed by atoms with Gasteiger partial charge in [0.05, 0.1) is 30.4 Å². The first kappa shape index (κ1) is 22.3. The molecule has 0 radical (unpaired) electrons. The number of hydrogen-bond donors (Lipinski definition) is 1. The van der Waals surface area contributed by atoms with Crippen LogP contribution in [0.25, 0.3) is 5.69 Å². The Morgan fingerprint density at radius 3 is 2.30 bits per heavy atom. The van der Waals surface area contributed by atoms with E-state index in [0.29, 0.717) is 17.8 Å². The second-order valence-electron chi connectivity index (χ2n) is 7.59. The fourth-order valence-electron chi connectivity index (χ4n) is 3.49. The molecular weight excluding hydrogens is 436 g/mol. The predicted octanol–water partition coefficient (Wildman–Crippen LogP) is 3.77. The van der Waals surface area contributed by atoms with Crippen LogP contribution < -0.4 is 9.62 Å². The summed E-state index contributed by atoms with van der Waals surface area (Å²) in [6.45, 7) is 0.453. The van der Waals surface area contributed by atoms with Crippen molar-refractivity contribution in [2.75, 3.05) is 10.6 Å². The molecule has 1 amide bonds. The Balaban J connectivity index is 1.52. The number of sulfonamides is 1. The van der Waals surface area contributed by atoms with E-state index in [4.69, 9.17) is 0 Å². The molecule has 0 bridgehead atoms. The van der Waals surface area contributed by atoms with Gasteiger partial charge in [0.25, 0.3) is 5.91 Å². The van der Waals surface area contributed by atoms with Crippen molar-refractivity contribution in [3.63, 3.8) is 0 Å². The first-order valence-corrected chi connectivity index (χ1v) is 12.2. The number of amides is 1. The van der Waals surface area contributed by atoms with Gasteiger partial charge in [-0.1, -0.05) is 54.6 Å². The summed E-state index contributed by atoms with van der Waals surface area (Å²) in [5, 5.41) is 2.90. The summed E-state index contributed by atoms with van der Waals surface area (Å²) in [7, 11) is -3.62. The Morgan fingerprint density at radius 2 is 1.64 bits per heavy atom. The summed E-state index contributed by atoms with van der Waals surface area (Å²) in [6.07, 6.45) is 6.43. The molecular formula is C25H24N4O3S. The molecule has 0 saturated heterocycles. The van der Waals surface area contributed by atoms with Crippen molar-refractivity contribution in [1.29, 1.82) is 0 Å². The molecule has 1 heterocycles. The lowest BCUT2D eigenvalue weighted by molar-refractivity contribution is 0.0951. The fraction of sp³-hybridized carbons (Fsp3) is 0.120. The Hall–Kier alpha value is -3.91. The number of hydrogen-bond acceptors (Lipinski definition) is 4. The van der Waals surface area contributed by atoms with E-state index in [0.717, 1.165) is 23.1 Å². The standard InChI is InChI=1S/C25H24N4O3S/c1-33(31,32)29(18-21-7-3-2-4-8-21)24-10-6-5-9-23(24)25(30)27-17-20-11-13-22(14-12-20)28-16-15-26-19-28/h2-16,19H,17-18H2,1H3,(H,27,30). The average Bonchev–Trinajstić information content (AvgIpc) is 3.36. The van der Waals surface area contributed by atoms with Crippen molar-refractivity contribution in [3.8, 4) is 5.69 Å². The van der Waals surface area contributed by atoms with Crippen LogP contribution in [0.5, 0.6) is 0 Å². The van der Waals surface area contributed by atoms with Crippen LogP contribution in [0.3, 0.4) is 0 Å². The molecule has 0 aliphatic carbocycles. The molecule has 168 valence electrons. The van der Waals surface area contributed by atoms with E-state index < -0.39 is 10.0 Å². The highest BCUT2D eigenvalue weighted by atomic mass is 32.2. The van der Waals surface area contributed by atoms with Crippen molar-refractivity contribution in [3.05, 3.63) is 114 Å². The Labute approximate surface area is 193 Å². The van der Waals surface area contributed by atoms with Crippen LogP contribution >= 0.6 is 0 Å². The second kappa shape index (κ2) is 9.70. The number of carbonyl (C=O) groups excluding carboxylic acids is 1. The number of rotatable bonds is 8. The zero-order valence-electron chi connectivity index (χ0n) is 18.1. The van der Waals surface area contributed by atoms with Crippen LogP contribution in [-0.2, 0) is 23.1 Å². The molecule has 1 N–H and O–H groups in total. The zero-order valence-corrected chi connectivity index (χ0v) is 18.9. The first-order chi connectivity index (χ1) is 15.9. The highest BCUT2D eigenvalue weighted by molar-refractivity contribution is 7.92. The normalized spacial score (nSPS) is 11.2. The third kappa shape index (κ3) is 5.48. The number of imidazole rings is 1. The van der Waals surface area contributed by atoms with Crippen molar-refractivity contribution < 1.29 is 13.2 Å². The number of aromatic nitrogens is 2. The number of anilines is 1. The van der Waals surface area contributed by atoms with Gasteiger partial charge in [-0.05, 0) is 35.4 Å². The maximum Gasteiger partial charge on any atom is 0.253 e. The van der Waals surface area contributed by atoms with Crippen LogP contribution in [0.15, 0.2) is 97.6 Å². The van der Waals surface area contributed by atoms with E-state index in [1.165, 1.54) is 4.31 Å². The van der Waals surface area contributed by atoms with Gasteiger partial charge in [0.1, 0.15) is 0 Å². The summed E-state index contributed by atoms with van der Waals surface area (Å²) in [5.41, 5.74) is 3.37. The van der Waals surface area contributed by atoms with Gasteiger partial charge >= 0.3 is 0 Å². The molecule has 0 aliphatic rings. The number of benzene rings is 3. The van der Waals surface area contributed by atoms with E-state index in [2.05, 4.69) is 10.3 Å². The Morgan fingerprint density at radius 1 is 0.939 bits per heavy atom. The summed E-state index contributed by atoms with van der Waals surface area (Å²) in [6, 6.07) is 23.8. The second-order valence-corrected chi connectivity index (χ2v) is 9.50. The zero-order chi connectivity index (χ0) is 23.3. The summed E-state index contributed by atoms with van der Waals surface area (Å²) in [4.78, 5) is 17.1. The molecule has 7 nitrogen and oxygen atoms in total. The third-order valence-corrected chi connectivity index (χ3v) is 6.31. The molecule has 3 aromatic carbocycles. The van der Waals surface area contributed by atoms with Crippen LogP contribution in [-0.4, -0.2) is 30.1 Å². The molecule has 4 rings (SSSR count). The largest absolute Gasteiger partial charge is 0.348 e. The molecule has 0 fully saturated rings. The van der Waals surface area contributed by atoms with Crippen molar-refractivity contribution in [2.24, 2.45) is 0 Å². The highest BCUT2D eigenvalue weighted by Gasteiger charge is 2.23. The van der Waals surface area contributed by atoms with Gasteiger partial charge in [-0.3, -0.25) is 9.10 Å². The minimum Gasteiger partial charge on any atom is -0.348 e. The topological polar surface area (TPSA) is 84.3 Å². The monoisotopic (exact) mass is 460 g/mol. The molecule has 33 heavy (non-hydrogen) atoms.